The molecule has 1 aliphatic carbocycles. The van der Waals surface area contributed by atoms with Gasteiger partial charge in [-0.15, -0.1) is 0 Å². The quantitative estimate of drug-likeness (QED) is 0.142. The van der Waals surface area contributed by atoms with Crippen LogP contribution in [0.2, 0.25) is 0 Å². The van der Waals surface area contributed by atoms with Gasteiger partial charge in [0.1, 0.15) is 6.26 Å². The van der Waals surface area contributed by atoms with Crippen LogP contribution in [-0.2, 0) is 4.74 Å². The molecule has 0 fully saturated rings. The van der Waals surface area contributed by atoms with Crippen molar-refractivity contribution in [2.45, 2.75) is 65.5 Å². The maximum Gasteiger partial charge on any atom is 0.422 e. The topological polar surface area (TPSA) is 87.7 Å². The Labute approximate surface area is 227 Å². The van der Waals surface area contributed by atoms with E-state index in [2.05, 4.69) is 31.4 Å². The van der Waals surface area contributed by atoms with Crippen LogP contribution in [0.1, 0.15) is 96.7 Å². The van der Waals surface area contributed by atoms with E-state index in [1.54, 1.807) is 6.07 Å². The molecule has 1 atom stereocenters. The van der Waals surface area contributed by atoms with Gasteiger partial charge in [0.2, 0.25) is 0 Å². The second-order valence-electron chi connectivity index (χ2n) is 9.80. The van der Waals surface area contributed by atoms with E-state index < -0.39 is 24.3 Å². The summed E-state index contributed by atoms with van der Waals surface area (Å²) >= 11 is 0. The zero-order chi connectivity index (χ0) is 28.6. The van der Waals surface area contributed by atoms with Gasteiger partial charge in [-0.3, -0.25) is 9.59 Å². The molecule has 6 nitrogen and oxygen atoms in total. The summed E-state index contributed by atoms with van der Waals surface area (Å²) in [7, 11) is 0. The molecule has 3 N–H and O–H groups in total. The highest BCUT2D eigenvalue weighted by Crippen LogP contribution is 2.38. The molecule has 0 bridgehead atoms. The highest BCUT2D eigenvalue weighted by molar-refractivity contribution is 6.32. The molecule has 212 valence electrons. The summed E-state index contributed by atoms with van der Waals surface area (Å²) in [5.74, 6) is -0.814. The minimum atomic E-state index is -4.61. The van der Waals surface area contributed by atoms with Gasteiger partial charge in [-0.1, -0.05) is 52.5 Å². The number of ether oxygens (including phenoxy) is 1. The third kappa shape index (κ3) is 7.34. The number of aliphatic hydroxyl groups is 1. The van der Waals surface area contributed by atoms with Crippen molar-refractivity contribution in [1.82, 2.24) is 0 Å². The molecular formula is C30H37F3N2O4. The molecule has 0 aliphatic heterocycles. The van der Waals surface area contributed by atoms with Gasteiger partial charge in [-0.25, -0.2) is 0 Å². The fourth-order valence-electron chi connectivity index (χ4n) is 4.67. The van der Waals surface area contributed by atoms with Crippen molar-refractivity contribution in [3.8, 4) is 0 Å². The average Bonchev–Trinajstić information content (AvgIpc) is 2.91. The van der Waals surface area contributed by atoms with Crippen LogP contribution in [0.5, 0.6) is 0 Å². The Hall–Kier alpha value is -3.49. The number of hydrogen-bond donors (Lipinski definition) is 3. The molecule has 1 unspecified atom stereocenters. The molecule has 0 heterocycles. The van der Waals surface area contributed by atoms with Gasteiger partial charge in [-0.05, 0) is 43.0 Å². The van der Waals surface area contributed by atoms with Crippen LogP contribution in [-0.4, -0.2) is 42.5 Å². The summed E-state index contributed by atoms with van der Waals surface area (Å²) in [5.41, 5.74) is 1.89. The van der Waals surface area contributed by atoms with Crippen LogP contribution in [0.15, 0.2) is 36.6 Å². The van der Waals surface area contributed by atoms with Gasteiger partial charge in [0.25, 0.3) is 0 Å². The number of fused-ring (bicyclic) bond motifs is 2. The first-order valence-corrected chi connectivity index (χ1v) is 13.6. The molecule has 0 saturated heterocycles. The van der Waals surface area contributed by atoms with Gasteiger partial charge >= 0.3 is 6.18 Å². The first-order chi connectivity index (χ1) is 18.6. The van der Waals surface area contributed by atoms with Crippen LogP contribution in [0.25, 0.3) is 5.76 Å². The van der Waals surface area contributed by atoms with Crippen LogP contribution >= 0.6 is 0 Å². The van der Waals surface area contributed by atoms with E-state index in [0.29, 0.717) is 36.6 Å². The van der Waals surface area contributed by atoms with Crippen molar-refractivity contribution >= 4 is 28.7 Å². The van der Waals surface area contributed by atoms with Gasteiger partial charge in [0.05, 0.1) is 11.1 Å². The maximum absolute atomic E-state index is 13.9. The second-order valence-corrected chi connectivity index (χ2v) is 9.80. The van der Waals surface area contributed by atoms with Crippen molar-refractivity contribution in [2.24, 2.45) is 5.92 Å². The number of rotatable bonds is 14. The first-order valence-electron chi connectivity index (χ1n) is 13.6. The van der Waals surface area contributed by atoms with E-state index in [0.717, 1.165) is 38.5 Å². The smallest absolute Gasteiger partial charge is 0.422 e. The van der Waals surface area contributed by atoms with Gasteiger partial charge < -0.3 is 20.5 Å². The van der Waals surface area contributed by atoms with Crippen LogP contribution in [0.3, 0.4) is 0 Å². The Morgan fingerprint density at radius 1 is 0.949 bits per heavy atom. The largest absolute Gasteiger partial charge is 0.512 e. The zero-order valence-corrected chi connectivity index (χ0v) is 22.7. The molecule has 0 spiro atoms. The summed E-state index contributed by atoms with van der Waals surface area (Å²) in [5, 5.41) is 16.2. The third-order valence-corrected chi connectivity index (χ3v) is 6.93. The van der Waals surface area contributed by atoms with Crippen molar-refractivity contribution in [3.05, 3.63) is 64.4 Å². The summed E-state index contributed by atoms with van der Waals surface area (Å²) in [6.45, 7) is 5.99. The number of ketones is 2. The van der Waals surface area contributed by atoms with Crippen molar-refractivity contribution in [3.63, 3.8) is 0 Å². The lowest BCUT2D eigenvalue weighted by Crippen LogP contribution is -2.25. The lowest BCUT2D eigenvalue weighted by Gasteiger charge is -2.25. The number of hydrogen-bond acceptors (Lipinski definition) is 6. The second kappa shape index (κ2) is 13.5. The number of anilines is 2. The fraction of sp³-hybridized carbons (Fsp3) is 0.467. The lowest BCUT2D eigenvalue weighted by molar-refractivity contribution is -0.158. The van der Waals surface area contributed by atoms with Crippen molar-refractivity contribution < 1.29 is 32.6 Å². The molecule has 9 heteroatoms. The number of halogens is 3. The average molecular weight is 547 g/mol. The molecule has 2 aromatic carbocycles. The van der Waals surface area contributed by atoms with Gasteiger partial charge in [-0.2, -0.15) is 13.2 Å². The normalized spacial score (nSPS) is 14.1. The lowest BCUT2D eigenvalue weighted by atomic mass is 9.81. The number of carbonyl (C=O) groups is 2. The first kappa shape index (κ1) is 30.1. The van der Waals surface area contributed by atoms with Gasteiger partial charge in [0.15, 0.2) is 23.9 Å². The number of nitrogens with one attached hydrogen (secondary N) is 2. The Kier molecular flexibility index (Phi) is 10.4. The Balaban J connectivity index is 2.03. The van der Waals surface area contributed by atoms with E-state index >= 15 is 0 Å². The summed E-state index contributed by atoms with van der Waals surface area (Å²) < 4.78 is 42.8. The summed E-state index contributed by atoms with van der Waals surface area (Å²) in [6.07, 6.45) is 1.87. The van der Waals surface area contributed by atoms with Crippen LogP contribution in [0, 0.1) is 5.92 Å². The van der Waals surface area contributed by atoms with Crippen LogP contribution < -0.4 is 10.6 Å². The fourth-order valence-corrected chi connectivity index (χ4v) is 4.67. The van der Waals surface area contributed by atoms with Crippen LogP contribution in [0.4, 0.5) is 24.5 Å². The number of aliphatic hydroxyl groups excluding tert-OH is 1. The molecule has 0 saturated carbocycles. The number of unbranched alkanes of at least 4 members (excludes halogenated alkanes) is 2. The monoisotopic (exact) mass is 546 g/mol. The number of carbonyl (C=O) groups excluding carboxylic acids is 2. The molecular weight excluding hydrogens is 509 g/mol. The maximum atomic E-state index is 13.9. The Morgan fingerprint density at radius 2 is 1.59 bits per heavy atom. The summed E-state index contributed by atoms with van der Waals surface area (Å²) in [6, 6.07) is 7.66. The van der Waals surface area contributed by atoms with E-state index in [-0.39, 0.29) is 33.6 Å². The zero-order valence-electron chi connectivity index (χ0n) is 22.7. The van der Waals surface area contributed by atoms with Gasteiger partial charge in [0, 0.05) is 41.2 Å². The van der Waals surface area contributed by atoms with E-state index in [9.17, 15) is 27.9 Å². The standard InChI is InChI=1S/C30H37F3N2O4/c1-4-7-9-19(6-3)16-35-24-13-12-23(34-14-8-5-2)26-27(24)29(38)22-15-20(10-11-21(22)28(26)37)25(17-36)39-18-30(31,32)33/h10-13,15,17,19,34-36H,4-9,14,16,18H2,1-3H3/b25-17+. The number of benzene rings is 2. The minimum Gasteiger partial charge on any atom is -0.512 e. The Bertz CT molecular complexity index is 1210. The highest BCUT2D eigenvalue weighted by Gasteiger charge is 2.35. The minimum absolute atomic E-state index is 0.0479. The van der Waals surface area contributed by atoms with E-state index in [4.69, 9.17) is 4.74 Å². The molecule has 39 heavy (non-hydrogen) atoms. The molecule has 2 aromatic rings. The van der Waals surface area contributed by atoms with E-state index in [1.807, 2.05) is 6.07 Å². The molecule has 0 aromatic heterocycles. The molecule has 0 amide bonds. The third-order valence-electron chi connectivity index (χ3n) is 6.93. The number of alkyl halides is 3. The predicted octanol–water partition coefficient (Wildman–Crippen LogP) is 7.74. The van der Waals surface area contributed by atoms with Crippen molar-refractivity contribution in [1.29, 1.82) is 0 Å². The predicted molar refractivity (Wildman–Crippen MR) is 148 cm³/mol. The Morgan fingerprint density at radius 3 is 2.18 bits per heavy atom. The highest BCUT2D eigenvalue weighted by atomic mass is 19.4. The summed E-state index contributed by atoms with van der Waals surface area (Å²) in [4.78, 5) is 27.6. The SMILES string of the molecule is CCCCNc1ccc(NCC(CC)CCCC)c2c1C(=O)c1ccc(/C(=C\O)OCC(F)(F)F)cc1C2=O. The van der Waals surface area contributed by atoms with Crippen molar-refractivity contribution in [2.75, 3.05) is 30.3 Å². The molecule has 1 aliphatic rings. The van der Waals surface area contributed by atoms with E-state index in [1.165, 1.54) is 18.2 Å². The molecule has 0 radical (unpaired) electrons. The molecule has 3 rings (SSSR count).